The first-order chi connectivity index (χ1) is 10.1. The number of hydrogen-bond donors (Lipinski definition) is 1. The highest BCUT2D eigenvalue weighted by atomic mass is 16.5. The van der Waals surface area contributed by atoms with E-state index in [-0.39, 0.29) is 5.60 Å². The summed E-state index contributed by atoms with van der Waals surface area (Å²) in [5.41, 5.74) is 0.822. The molecule has 0 saturated heterocycles. The molecular weight excluding hydrogens is 262 g/mol. The van der Waals surface area contributed by atoms with Gasteiger partial charge in [0.25, 0.3) is 0 Å². The number of nitrogens with zero attached hydrogens (tertiary/aromatic N) is 2. The Morgan fingerprint density at radius 2 is 1.90 bits per heavy atom. The van der Waals surface area contributed by atoms with Crippen molar-refractivity contribution in [2.24, 2.45) is 0 Å². The molecule has 1 aromatic rings. The molecule has 1 saturated carbocycles. The van der Waals surface area contributed by atoms with Crippen LogP contribution < -0.4 is 5.32 Å². The second-order valence-electron chi connectivity index (χ2n) is 6.17. The van der Waals surface area contributed by atoms with Crippen molar-refractivity contribution in [1.82, 2.24) is 9.97 Å². The molecular formula is C17H29N3O. The molecule has 2 rings (SSSR count). The number of nitrogens with one attached hydrogen (secondary N) is 1. The first kappa shape index (κ1) is 16.2. The summed E-state index contributed by atoms with van der Waals surface area (Å²) in [6.45, 7) is 10.1. The van der Waals surface area contributed by atoms with E-state index in [0.717, 1.165) is 36.7 Å². The van der Waals surface area contributed by atoms with E-state index in [2.05, 4.69) is 39.1 Å². The third-order valence-electron chi connectivity index (χ3n) is 4.18. The summed E-state index contributed by atoms with van der Waals surface area (Å²) in [6, 6.07) is 2.07. The van der Waals surface area contributed by atoms with Gasteiger partial charge in [0, 0.05) is 24.9 Å². The monoisotopic (exact) mass is 291 g/mol. The van der Waals surface area contributed by atoms with E-state index in [9.17, 15) is 0 Å². The molecule has 1 aliphatic rings. The van der Waals surface area contributed by atoms with E-state index < -0.39 is 0 Å². The largest absolute Gasteiger partial charge is 0.370 e. The quantitative estimate of drug-likeness (QED) is 0.852. The lowest BCUT2D eigenvalue weighted by Crippen LogP contribution is -2.35. The lowest BCUT2D eigenvalue weighted by Gasteiger charge is -2.36. The topological polar surface area (TPSA) is 47.0 Å². The molecule has 4 nitrogen and oxygen atoms in total. The Bertz CT molecular complexity index is 448. The van der Waals surface area contributed by atoms with Gasteiger partial charge in [-0.15, -0.1) is 0 Å². The number of aromatic nitrogens is 2. The Kier molecular flexibility index (Phi) is 5.57. The van der Waals surface area contributed by atoms with Crippen LogP contribution in [0.3, 0.4) is 0 Å². The van der Waals surface area contributed by atoms with Gasteiger partial charge in [0.05, 0.1) is 0 Å². The lowest BCUT2D eigenvalue weighted by molar-refractivity contribution is -0.0767. The SMILES string of the molecule is CCNc1cc(C(C)C)nc(C2(OCC)CCCCC2)n1. The minimum atomic E-state index is -0.276. The first-order valence-electron chi connectivity index (χ1n) is 8.38. The van der Waals surface area contributed by atoms with Crippen molar-refractivity contribution < 1.29 is 4.74 Å². The van der Waals surface area contributed by atoms with Crippen molar-refractivity contribution in [1.29, 1.82) is 0 Å². The van der Waals surface area contributed by atoms with Gasteiger partial charge >= 0.3 is 0 Å². The van der Waals surface area contributed by atoms with E-state index in [1.54, 1.807) is 0 Å². The van der Waals surface area contributed by atoms with Crippen LogP contribution in [-0.4, -0.2) is 23.1 Å². The van der Waals surface area contributed by atoms with Gasteiger partial charge in [-0.2, -0.15) is 0 Å². The minimum Gasteiger partial charge on any atom is -0.370 e. The van der Waals surface area contributed by atoms with Crippen molar-refractivity contribution in [2.75, 3.05) is 18.5 Å². The van der Waals surface area contributed by atoms with Gasteiger partial charge in [0.2, 0.25) is 0 Å². The van der Waals surface area contributed by atoms with Crippen LogP contribution in [0.4, 0.5) is 5.82 Å². The zero-order chi connectivity index (χ0) is 15.3. The summed E-state index contributed by atoms with van der Waals surface area (Å²) in [4.78, 5) is 9.63. The fourth-order valence-electron chi connectivity index (χ4n) is 3.07. The Morgan fingerprint density at radius 1 is 1.19 bits per heavy atom. The predicted octanol–water partition coefficient (Wildman–Crippen LogP) is 4.23. The normalized spacial score (nSPS) is 18.0. The van der Waals surface area contributed by atoms with Crippen molar-refractivity contribution in [3.8, 4) is 0 Å². The number of anilines is 1. The van der Waals surface area contributed by atoms with Gasteiger partial charge in [-0.25, -0.2) is 9.97 Å². The molecule has 1 fully saturated rings. The molecule has 0 aliphatic heterocycles. The highest BCUT2D eigenvalue weighted by Gasteiger charge is 2.38. The molecule has 1 aromatic heterocycles. The standard InChI is InChI=1S/C17H29N3O/c1-5-18-15-12-14(13(3)4)19-16(20-15)17(21-6-2)10-8-7-9-11-17/h12-13H,5-11H2,1-4H3,(H,18,19,20). The van der Waals surface area contributed by atoms with Crippen molar-refractivity contribution >= 4 is 5.82 Å². The van der Waals surface area contributed by atoms with Crippen molar-refractivity contribution in [3.63, 3.8) is 0 Å². The molecule has 0 spiro atoms. The Balaban J connectivity index is 2.42. The average Bonchev–Trinajstić information content (AvgIpc) is 2.48. The van der Waals surface area contributed by atoms with Crippen LogP contribution in [0.1, 0.15) is 77.2 Å². The molecule has 0 radical (unpaired) electrons. The summed E-state index contributed by atoms with van der Waals surface area (Å²) in [7, 11) is 0. The molecule has 0 amide bonds. The van der Waals surface area contributed by atoms with Crippen molar-refractivity contribution in [2.45, 2.75) is 71.3 Å². The third-order valence-corrected chi connectivity index (χ3v) is 4.18. The van der Waals surface area contributed by atoms with Gasteiger partial charge < -0.3 is 10.1 Å². The molecule has 1 aliphatic carbocycles. The molecule has 0 bridgehead atoms. The van der Waals surface area contributed by atoms with E-state index in [4.69, 9.17) is 14.7 Å². The van der Waals surface area contributed by atoms with Crippen molar-refractivity contribution in [3.05, 3.63) is 17.6 Å². The maximum absolute atomic E-state index is 6.17. The number of ether oxygens (including phenoxy) is 1. The zero-order valence-corrected chi connectivity index (χ0v) is 13.9. The van der Waals surface area contributed by atoms with Crippen LogP contribution in [0.2, 0.25) is 0 Å². The molecule has 4 heteroatoms. The minimum absolute atomic E-state index is 0.276. The zero-order valence-electron chi connectivity index (χ0n) is 13.9. The number of rotatable bonds is 6. The third kappa shape index (κ3) is 3.73. The van der Waals surface area contributed by atoms with Crippen LogP contribution in [0.15, 0.2) is 6.07 Å². The predicted molar refractivity (Wildman–Crippen MR) is 86.7 cm³/mol. The van der Waals surface area contributed by atoms with Crippen LogP contribution in [0, 0.1) is 0 Å². The van der Waals surface area contributed by atoms with Crippen LogP contribution in [0.5, 0.6) is 0 Å². The average molecular weight is 291 g/mol. The molecule has 0 unspecified atom stereocenters. The summed E-state index contributed by atoms with van der Waals surface area (Å²) in [5.74, 6) is 2.20. The Morgan fingerprint density at radius 3 is 2.48 bits per heavy atom. The highest BCUT2D eigenvalue weighted by Crippen LogP contribution is 2.39. The van der Waals surface area contributed by atoms with Gasteiger partial charge in [0.1, 0.15) is 11.4 Å². The fourth-order valence-corrected chi connectivity index (χ4v) is 3.07. The summed E-state index contributed by atoms with van der Waals surface area (Å²) >= 11 is 0. The summed E-state index contributed by atoms with van der Waals surface area (Å²) < 4.78 is 6.17. The first-order valence-corrected chi connectivity index (χ1v) is 8.38. The van der Waals surface area contributed by atoms with E-state index >= 15 is 0 Å². The maximum atomic E-state index is 6.17. The Hall–Kier alpha value is -1.16. The van der Waals surface area contributed by atoms with Crippen LogP contribution in [-0.2, 0) is 10.3 Å². The lowest BCUT2D eigenvalue weighted by atomic mass is 9.83. The fraction of sp³-hybridized carbons (Fsp3) is 0.765. The molecule has 21 heavy (non-hydrogen) atoms. The molecule has 0 aromatic carbocycles. The molecule has 1 N–H and O–H groups in total. The summed E-state index contributed by atoms with van der Waals surface area (Å²) in [5, 5.41) is 3.33. The van der Waals surface area contributed by atoms with Gasteiger partial charge in [-0.05, 0) is 32.6 Å². The van der Waals surface area contributed by atoms with Gasteiger partial charge in [-0.1, -0.05) is 33.1 Å². The van der Waals surface area contributed by atoms with E-state index in [0.29, 0.717) is 12.5 Å². The second kappa shape index (κ2) is 7.21. The van der Waals surface area contributed by atoms with E-state index in [1.165, 1.54) is 19.3 Å². The van der Waals surface area contributed by atoms with E-state index in [1.807, 2.05) is 0 Å². The number of hydrogen-bond acceptors (Lipinski definition) is 4. The Labute approximate surface area is 128 Å². The van der Waals surface area contributed by atoms with Gasteiger partial charge in [-0.3, -0.25) is 0 Å². The smallest absolute Gasteiger partial charge is 0.162 e. The summed E-state index contributed by atoms with van der Waals surface area (Å²) in [6.07, 6.45) is 5.76. The van der Waals surface area contributed by atoms with Crippen LogP contribution in [0.25, 0.3) is 0 Å². The van der Waals surface area contributed by atoms with Crippen LogP contribution >= 0.6 is 0 Å². The molecule has 118 valence electrons. The highest BCUT2D eigenvalue weighted by molar-refractivity contribution is 5.37. The molecule has 1 heterocycles. The van der Waals surface area contributed by atoms with Gasteiger partial charge in [0.15, 0.2) is 5.82 Å². The maximum Gasteiger partial charge on any atom is 0.162 e. The second-order valence-corrected chi connectivity index (χ2v) is 6.17. The molecule has 0 atom stereocenters.